The molecule has 0 bridgehead atoms. The second-order valence-corrected chi connectivity index (χ2v) is 7.50. The first-order chi connectivity index (χ1) is 13.7. The van der Waals surface area contributed by atoms with E-state index in [9.17, 15) is 9.59 Å². The molecular formula is C20H25N5O3. The molecule has 2 heterocycles. The van der Waals surface area contributed by atoms with Crippen LogP contribution in [0.2, 0.25) is 0 Å². The maximum Gasteiger partial charge on any atom is 0.273 e. The van der Waals surface area contributed by atoms with Crippen LogP contribution in [-0.4, -0.2) is 57.9 Å². The molecule has 0 unspecified atom stereocenters. The Labute approximate surface area is 163 Å². The quantitative estimate of drug-likeness (QED) is 0.829. The smallest absolute Gasteiger partial charge is 0.273 e. The van der Waals surface area contributed by atoms with Gasteiger partial charge in [0.2, 0.25) is 5.91 Å². The minimum absolute atomic E-state index is 0.0737. The van der Waals surface area contributed by atoms with Crippen LogP contribution >= 0.6 is 0 Å². The largest absolute Gasteiger partial charge is 0.379 e. The minimum Gasteiger partial charge on any atom is -0.379 e. The first-order valence-corrected chi connectivity index (χ1v) is 9.70. The molecule has 2 amide bonds. The molecule has 148 valence electrons. The van der Waals surface area contributed by atoms with E-state index in [1.54, 1.807) is 7.11 Å². The van der Waals surface area contributed by atoms with Crippen molar-refractivity contribution in [2.75, 3.05) is 13.7 Å². The van der Waals surface area contributed by atoms with Crippen LogP contribution in [0.5, 0.6) is 0 Å². The van der Waals surface area contributed by atoms with Gasteiger partial charge in [-0.2, -0.15) is 15.4 Å². The number of rotatable bonds is 4. The van der Waals surface area contributed by atoms with Gasteiger partial charge in [-0.25, -0.2) is 0 Å². The topological polar surface area (TPSA) is 100 Å². The fourth-order valence-electron chi connectivity index (χ4n) is 4.27. The maximum atomic E-state index is 13.1. The van der Waals surface area contributed by atoms with Crippen molar-refractivity contribution < 1.29 is 14.3 Å². The summed E-state index contributed by atoms with van der Waals surface area (Å²) in [5.74, 6) is -0.161. The van der Waals surface area contributed by atoms with Crippen LogP contribution in [0.25, 0.3) is 0 Å². The number of ether oxygens (including phenoxy) is 1. The van der Waals surface area contributed by atoms with E-state index in [-0.39, 0.29) is 35.6 Å². The third-order valence-corrected chi connectivity index (χ3v) is 5.85. The maximum absolute atomic E-state index is 13.1. The molecule has 1 aromatic carbocycles. The van der Waals surface area contributed by atoms with Gasteiger partial charge in [0, 0.05) is 26.1 Å². The van der Waals surface area contributed by atoms with Crippen LogP contribution in [0.4, 0.5) is 0 Å². The molecule has 1 aliphatic carbocycles. The Kier molecular flexibility index (Phi) is 5.38. The Balaban J connectivity index is 1.37. The summed E-state index contributed by atoms with van der Waals surface area (Å²) in [5, 5.41) is 12.9. The van der Waals surface area contributed by atoms with Gasteiger partial charge in [0.25, 0.3) is 5.91 Å². The SMILES string of the molecule is CO[C@H]1C[C@@H](C(=O)N2CCc3ccccc3C2)CC[C@@H]1NC(=O)c1cn[nH]n1. The van der Waals surface area contributed by atoms with E-state index >= 15 is 0 Å². The molecule has 1 saturated carbocycles. The van der Waals surface area contributed by atoms with Crippen molar-refractivity contribution in [2.45, 2.75) is 44.4 Å². The molecule has 0 saturated heterocycles. The number of methoxy groups -OCH3 is 1. The molecule has 8 heteroatoms. The number of benzene rings is 1. The van der Waals surface area contributed by atoms with Gasteiger partial charge in [-0.1, -0.05) is 24.3 Å². The molecular weight excluding hydrogens is 358 g/mol. The van der Waals surface area contributed by atoms with Crippen LogP contribution in [-0.2, 0) is 22.5 Å². The molecule has 8 nitrogen and oxygen atoms in total. The van der Waals surface area contributed by atoms with Gasteiger partial charge in [0.05, 0.1) is 18.3 Å². The summed E-state index contributed by atoms with van der Waals surface area (Å²) >= 11 is 0. The number of aromatic amines is 1. The Morgan fingerprint density at radius 3 is 2.82 bits per heavy atom. The van der Waals surface area contributed by atoms with Crippen LogP contribution in [0.3, 0.4) is 0 Å². The van der Waals surface area contributed by atoms with Gasteiger partial charge in [-0.15, -0.1) is 0 Å². The van der Waals surface area contributed by atoms with Crippen LogP contribution in [0.15, 0.2) is 30.5 Å². The molecule has 2 N–H and O–H groups in total. The van der Waals surface area contributed by atoms with Crippen LogP contribution in [0, 0.1) is 5.92 Å². The number of nitrogens with zero attached hydrogens (tertiary/aromatic N) is 3. The molecule has 1 aromatic heterocycles. The van der Waals surface area contributed by atoms with Crippen molar-refractivity contribution in [1.82, 2.24) is 25.6 Å². The fourth-order valence-corrected chi connectivity index (χ4v) is 4.27. The summed E-state index contributed by atoms with van der Waals surface area (Å²) in [6.07, 6.45) is 4.13. The molecule has 4 rings (SSSR count). The van der Waals surface area contributed by atoms with Crippen molar-refractivity contribution in [2.24, 2.45) is 5.92 Å². The van der Waals surface area contributed by atoms with Crippen LogP contribution in [0.1, 0.15) is 40.9 Å². The van der Waals surface area contributed by atoms with Gasteiger partial charge in [-0.3, -0.25) is 9.59 Å². The number of amides is 2. The highest BCUT2D eigenvalue weighted by Gasteiger charge is 2.37. The number of H-pyrrole nitrogens is 1. The molecule has 2 aromatic rings. The number of hydrogen-bond donors (Lipinski definition) is 2. The monoisotopic (exact) mass is 383 g/mol. The zero-order valence-corrected chi connectivity index (χ0v) is 15.9. The van der Waals surface area contributed by atoms with Crippen molar-refractivity contribution in [3.8, 4) is 0 Å². The van der Waals surface area contributed by atoms with Gasteiger partial charge < -0.3 is 15.0 Å². The summed E-state index contributed by atoms with van der Waals surface area (Å²) in [6.45, 7) is 1.44. The second kappa shape index (κ2) is 8.10. The van der Waals surface area contributed by atoms with E-state index in [0.717, 1.165) is 19.4 Å². The molecule has 0 radical (unpaired) electrons. The first kappa shape index (κ1) is 18.6. The molecule has 28 heavy (non-hydrogen) atoms. The molecule has 2 aliphatic rings. The Morgan fingerprint density at radius 1 is 1.25 bits per heavy atom. The second-order valence-electron chi connectivity index (χ2n) is 7.50. The van der Waals surface area contributed by atoms with E-state index < -0.39 is 0 Å². The predicted octanol–water partition coefficient (Wildman–Crippen LogP) is 1.30. The number of carbonyl (C=O) groups is 2. The average molecular weight is 383 g/mol. The summed E-state index contributed by atoms with van der Waals surface area (Å²) < 4.78 is 5.62. The lowest BCUT2D eigenvalue weighted by Gasteiger charge is -2.38. The Bertz CT molecular complexity index is 838. The summed E-state index contributed by atoms with van der Waals surface area (Å²) in [4.78, 5) is 27.3. The minimum atomic E-state index is -0.279. The lowest BCUT2D eigenvalue weighted by molar-refractivity contribution is -0.139. The summed E-state index contributed by atoms with van der Waals surface area (Å²) in [5.41, 5.74) is 2.82. The molecule has 1 aliphatic heterocycles. The van der Waals surface area contributed by atoms with Crippen molar-refractivity contribution in [1.29, 1.82) is 0 Å². The highest BCUT2D eigenvalue weighted by molar-refractivity contribution is 5.92. The lowest BCUT2D eigenvalue weighted by Crippen LogP contribution is -2.50. The van der Waals surface area contributed by atoms with E-state index in [0.29, 0.717) is 19.4 Å². The molecule has 0 spiro atoms. The number of carbonyl (C=O) groups excluding carboxylic acids is 2. The molecule has 3 atom stereocenters. The van der Waals surface area contributed by atoms with Crippen LogP contribution < -0.4 is 5.32 Å². The Morgan fingerprint density at radius 2 is 2.07 bits per heavy atom. The van der Waals surface area contributed by atoms with E-state index in [1.165, 1.54) is 17.3 Å². The normalized spacial score (nSPS) is 24.5. The average Bonchev–Trinajstić information content (AvgIpc) is 3.28. The zero-order chi connectivity index (χ0) is 19.5. The number of nitrogens with one attached hydrogen (secondary N) is 2. The van der Waals surface area contributed by atoms with Gasteiger partial charge in [0.1, 0.15) is 0 Å². The van der Waals surface area contributed by atoms with Gasteiger partial charge in [0.15, 0.2) is 5.69 Å². The third-order valence-electron chi connectivity index (χ3n) is 5.85. The van der Waals surface area contributed by atoms with Crippen molar-refractivity contribution >= 4 is 11.8 Å². The molecule has 1 fully saturated rings. The van der Waals surface area contributed by atoms with Gasteiger partial charge >= 0.3 is 0 Å². The van der Waals surface area contributed by atoms with Gasteiger partial charge in [-0.05, 0) is 36.8 Å². The van der Waals surface area contributed by atoms with E-state index in [1.807, 2.05) is 17.0 Å². The summed E-state index contributed by atoms with van der Waals surface area (Å²) in [7, 11) is 1.63. The van der Waals surface area contributed by atoms with Crippen molar-refractivity contribution in [3.63, 3.8) is 0 Å². The predicted molar refractivity (Wildman–Crippen MR) is 101 cm³/mol. The van der Waals surface area contributed by atoms with E-state index in [4.69, 9.17) is 4.74 Å². The van der Waals surface area contributed by atoms with Crippen molar-refractivity contribution in [3.05, 3.63) is 47.3 Å². The number of fused-ring (bicyclic) bond motifs is 1. The number of aromatic nitrogens is 3. The highest BCUT2D eigenvalue weighted by atomic mass is 16.5. The standard InChI is InChI=1S/C20H25N5O3/c1-28-18-10-14(6-7-16(18)22-19(26)17-11-21-24-23-17)20(27)25-9-8-13-4-2-3-5-15(13)12-25/h2-5,11,14,16,18H,6-10,12H2,1H3,(H,22,26)(H,21,23,24)/t14-,16-,18-/m0/s1. The highest BCUT2D eigenvalue weighted by Crippen LogP contribution is 2.30. The fraction of sp³-hybridized carbons (Fsp3) is 0.500. The van der Waals surface area contributed by atoms with E-state index in [2.05, 4.69) is 32.9 Å². The third kappa shape index (κ3) is 3.77. The summed E-state index contributed by atoms with van der Waals surface area (Å²) in [6, 6.07) is 8.18. The lowest BCUT2D eigenvalue weighted by atomic mass is 9.82. The Hall–Kier alpha value is -2.74. The zero-order valence-electron chi connectivity index (χ0n) is 15.9. The first-order valence-electron chi connectivity index (χ1n) is 9.70. The number of hydrogen-bond acceptors (Lipinski definition) is 5.